The van der Waals surface area contributed by atoms with Gasteiger partial charge in [0.25, 0.3) is 0 Å². The van der Waals surface area contributed by atoms with E-state index in [1.54, 1.807) is 6.92 Å². The van der Waals surface area contributed by atoms with E-state index >= 15 is 0 Å². The van der Waals surface area contributed by atoms with Crippen LogP contribution in [0.1, 0.15) is 25.3 Å². The van der Waals surface area contributed by atoms with Gasteiger partial charge in [-0.3, -0.25) is 4.79 Å². The zero-order valence-corrected chi connectivity index (χ0v) is 16.8. The molecule has 4 rings (SSSR count). The molecule has 154 valence electrons. The number of fused-ring (bicyclic) bond motifs is 1. The molecule has 1 atom stereocenters. The molecule has 1 N–H and O–H groups in total. The van der Waals surface area contributed by atoms with Crippen LogP contribution in [-0.2, 0) is 11.4 Å². The zero-order valence-electron chi connectivity index (χ0n) is 16.8. The first-order valence-corrected chi connectivity index (χ1v) is 10.3. The molecular formula is C23H28N2O4. The maximum absolute atomic E-state index is 11.4. The second kappa shape index (κ2) is 9.18. The number of amides is 1. The summed E-state index contributed by atoms with van der Waals surface area (Å²) in [5.74, 6) is 2.40. The molecule has 29 heavy (non-hydrogen) atoms. The molecule has 0 spiro atoms. The van der Waals surface area contributed by atoms with Gasteiger partial charge in [0.05, 0.1) is 0 Å². The Morgan fingerprint density at radius 3 is 2.69 bits per heavy atom. The van der Waals surface area contributed by atoms with Gasteiger partial charge in [-0.25, -0.2) is 0 Å². The highest BCUT2D eigenvalue weighted by Gasteiger charge is 2.25. The summed E-state index contributed by atoms with van der Waals surface area (Å²) < 4.78 is 17.9. The molecule has 1 amide bonds. The van der Waals surface area contributed by atoms with Gasteiger partial charge in [-0.15, -0.1) is 0 Å². The maximum Gasteiger partial charge on any atom is 0.219 e. The minimum atomic E-state index is -0.0438. The van der Waals surface area contributed by atoms with Crippen molar-refractivity contribution in [2.45, 2.75) is 38.5 Å². The van der Waals surface area contributed by atoms with Crippen molar-refractivity contribution in [1.29, 1.82) is 0 Å². The smallest absolute Gasteiger partial charge is 0.219 e. The zero-order chi connectivity index (χ0) is 20.1. The number of nitrogens with one attached hydrogen (secondary N) is 1. The summed E-state index contributed by atoms with van der Waals surface area (Å²) in [5.41, 5.74) is 1.13. The van der Waals surface area contributed by atoms with Gasteiger partial charge < -0.3 is 24.4 Å². The summed E-state index contributed by atoms with van der Waals surface area (Å²) in [6.45, 7) is 5.04. The van der Waals surface area contributed by atoms with Crippen LogP contribution in [0.3, 0.4) is 0 Å². The number of ether oxygens (including phenoxy) is 3. The number of rotatable bonds is 6. The summed E-state index contributed by atoms with van der Waals surface area (Å²) in [6.07, 6.45) is 1.90. The fourth-order valence-corrected chi connectivity index (χ4v) is 3.72. The van der Waals surface area contributed by atoms with Crippen molar-refractivity contribution < 1.29 is 19.0 Å². The van der Waals surface area contributed by atoms with Gasteiger partial charge in [0.15, 0.2) is 11.5 Å². The van der Waals surface area contributed by atoms with E-state index in [9.17, 15) is 4.79 Å². The molecule has 2 aromatic carbocycles. The number of piperidine rings is 1. The second-order valence-electron chi connectivity index (χ2n) is 7.62. The second-order valence-corrected chi connectivity index (χ2v) is 7.62. The van der Waals surface area contributed by atoms with E-state index in [2.05, 4.69) is 5.32 Å². The lowest BCUT2D eigenvalue weighted by Gasteiger charge is -2.33. The quantitative estimate of drug-likeness (QED) is 0.813. The standard InChI is InChI=1S/C23H28N2O4/c1-17(26)25-11-9-19(10-12-25)24-14-21-16-28-22-8-7-20(13-23(22)29-21)27-15-18-5-3-2-4-6-18/h2-8,13,19,21,24H,9-12,14-16H2,1H3. The topological polar surface area (TPSA) is 60.0 Å². The van der Waals surface area contributed by atoms with Crippen LogP contribution < -0.4 is 19.5 Å². The number of carbonyl (C=O) groups is 1. The summed E-state index contributed by atoms with van der Waals surface area (Å²) >= 11 is 0. The molecular weight excluding hydrogens is 368 g/mol. The molecule has 2 aliphatic rings. The van der Waals surface area contributed by atoms with Gasteiger partial charge in [-0.1, -0.05) is 30.3 Å². The summed E-state index contributed by atoms with van der Waals surface area (Å²) in [7, 11) is 0. The lowest BCUT2D eigenvalue weighted by molar-refractivity contribution is -0.129. The van der Waals surface area contributed by atoms with Crippen molar-refractivity contribution in [2.75, 3.05) is 26.2 Å². The molecule has 0 bridgehead atoms. The van der Waals surface area contributed by atoms with E-state index in [-0.39, 0.29) is 12.0 Å². The van der Waals surface area contributed by atoms with Gasteiger partial charge in [0.1, 0.15) is 25.1 Å². The van der Waals surface area contributed by atoms with Crippen LogP contribution in [0.15, 0.2) is 48.5 Å². The number of hydrogen-bond donors (Lipinski definition) is 1. The van der Waals surface area contributed by atoms with E-state index < -0.39 is 0 Å². The molecule has 2 aliphatic heterocycles. The molecule has 1 fully saturated rings. The van der Waals surface area contributed by atoms with Crippen molar-refractivity contribution >= 4 is 5.91 Å². The van der Waals surface area contributed by atoms with Crippen LogP contribution in [-0.4, -0.2) is 49.2 Å². The van der Waals surface area contributed by atoms with Gasteiger partial charge in [0, 0.05) is 38.7 Å². The summed E-state index contributed by atoms with van der Waals surface area (Å²) in [4.78, 5) is 13.3. The van der Waals surface area contributed by atoms with Crippen LogP contribution >= 0.6 is 0 Å². The predicted molar refractivity (Wildman–Crippen MR) is 110 cm³/mol. The average molecular weight is 396 g/mol. The Bertz CT molecular complexity index is 819. The Balaban J connectivity index is 1.27. The third-order valence-corrected chi connectivity index (χ3v) is 5.46. The van der Waals surface area contributed by atoms with Crippen molar-refractivity contribution in [2.24, 2.45) is 0 Å². The lowest BCUT2D eigenvalue weighted by atomic mass is 10.0. The molecule has 1 unspecified atom stereocenters. The molecule has 2 heterocycles. The van der Waals surface area contributed by atoms with Crippen LogP contribution in [0.2, 0.25) is 0 Å². The van der Waals surface area contributed by atoms with Crippen LogP contribution in [0.5, 0.6) is 17.2 Å². The summed E-state index contributed by atoms with van der Waals surface area (Å²) in [5, 5.41) is 3.57. The monoisotopic (exact) mass is 396 g/mol. The SMILES string of the molecule is CC(=O)N1CCC(NCC2COc3ccc(OCc4ccccc4)cc3O2)CC1. The summed E-state index contributed by atoms with van der Waals surface area (Å²) in [6, 6.07) is 16.2. The Morgan fingerprint density at radius 2 is 1.93 bits per heavy atom. The maximum atomic E-state index is 11.4. The predicted octanol–water partition coefficient (Wildman–Crippen LogP) is 3.01. The van der Waals surface area contributed by atoms with E-state index in [4.69, 9.17) is 14.2 Å². The number of benzene rings is 2. The van der Waals surface area contributed by atoms with Crippen molar-refractivity contribution in [3.63, 3.8) is 0 Å². The molecule has 1 saturated heterocycles. The largest absolute Gasteiger partial charge is 0.489 e. The number of carbonyl (C=O) groups excluding carboxylic acids is 1. The Morgan fingerprint density at radius 1 is 1.14 bits per heavy atom. The Kier molecular flexibility index (Phi) is 6.20. The Hall–Kier alpha value is -2.73. The van der Waals surface area contributed by atoms with E-state index in [1.165, 1.54) is 0 Å². The van der Waals surface area contributed by atoms with E-state index in [0.717, 1.165) is 55.3 Å². The third kappa shape index (κ3) is 5.21. The van der Waals surface area contributed by atoms with Crippen molar-refractivity contribution in [3.8, 4) is 17.2 Å². The van der Waals surface area contributed by atoms with Gasteiger partial charge in [-0.05, 0) is 30.5 Å². The first-order valence-electron chi connectivity index (χ1n) is 10.3. The fourth-order valence-electron chi connectivity index (χ4n) is 3.72. The lowest BCUT2D eigenvalue weighted by Crippen LogP contribution is -2.48. The Labute approximate surface area is 171 Å². The van der Waals surface area contributed by atoms with Gasteiger partial charge in [-0.2, -0.15) is 0 Å². The van der Waals surface area contributed by atoms with Crippen molar-refractivity contribution in [3.05, 3.63) is 54.1 Å². The average Bonchev–Trinajstić information content (AvgIpc) is 2.77. The number of likely N-dealkylation sites (tertiary alicyclic amines) is 1. The normalized spacial score (nSPS) is 19.1. The highest BCUT2D eigenvalue weighted by Crippen LogP contribution is 2.35. The molecule has 6 nitrogen and oxygen atoms in total. The van der Waals surface area contributed by atoms with Crippen LogP contribution in [0.25, 0.3) is 0 Å². The minimum absolute atomic E-state index is 0.0438. The van der Waals surface area contributed by atoms with E-state index in [1.807, 2.05) is 53.4 Å². The highest BCUT2D eigenvalue weighted by atomic mass is 16.6. The fraction of sp³-hybridized carbons (Fsp3) is 0.435. The van der Waals surface area contributed by atoms with Crippen LogP contribution in [0.4, 0.5) is 0 Å². The van der Waals surface area contributed by atoms with Gasteiger partial charge >= 0.3 is 0 Å². The van der Waals surface area contributed by atoms with Crippen molar-refractivity contribution in [1.82, 2.24) is 10.2 Å². The van der Waals surface area contributed by atoms with Gasteiger partial charge in [0.2, 0.25) is 5.91 Å². The molecule has 0 aromatic heterocycles. The number of hydrogen-bond acceptors (Lipinski definition) is 5. The number of nitrogens with zero attached hydrogens (tertiary/aromatic N) is 1. The highest BCUT2D eigenvalue weighted by molar-refractivity contribution is 5.73. The first kappa shape index (κ1) is 19.6. The van der Waals surface area contributed by atoms with Crippen LogP contribution in [0, 0.1) is 0 Å². The third-order valence-electron chi connectivity index (χ3n) is 5.46. The molecule has 0 radical (unpaired) electrons. The molecule has 0 aliphatic carbocycles. The first-order chi connectivity index (χ1) is 14.2. The molecule has 0 saturated carbocycles. The van der Waals surface area contributed by atoms with E-state index in [0.29, 0.717) is 19.3 Å². The molecule has 2 aromatic rings. The minimum Gasteiger partial charge on any atom is -0.489 e. The molecule has 6 heteroatoms.